The van der Waals surface area contributed by atoms with E-state index in [9.17, 15) is 14.9 Å². The molecule has 0 saturated heterocycles. The van der Waals surface area contributed by atoms with Crippen molar-refractivity contribution in [1.29, 1.82) is 0 Å². The Kier molecular flexibility index (Phi) is 5.57. The van der Waals surface area contributed by atoms with Crippen LogP contribution in [0.15, 0.2) is 18.2 Å². The zero-order valence-corrected chi connectivity index (χ0v) is 11.4. The summed E-state index contributed by atoms with van der Waals surface area (Å²) in [6.45, 7) is 4.39. The van der Waals surface area contributed by atoms with Crippen LogP contribution in [0, 0.1) is 16.0 Å². The van der Waals surface area contributed by atoms with Gasteiger partial charge in [-0.25, -0.2) is 0 Å². The van der Waals surface area contributed by atoms with Gasteiger partial charge in [0.15, 0.2) is 6.61 Å². The van der Waals surface area contributed by atoms with E-state index in [0.717, 1.165) is 0 Å². The second-order valence-corrected chi connectivity index (χ2v) is 4.76. The first-order valence-corrected chi connectivity index (χ1v) is 6.11. The summed E-state index contributed by atoms with van der Waals surface area (Å²) in [5.41, 5.74) is -0.196. The Balaban J connectivity index is 2.52. The minimum Gasteiger partial charge on any atom is -0.484 e. The Morgan fingerprint density at radius 2 is 2.21 bits per heavy atom. The van der Waals surface area contributed by atoms with Gasteiger partial charge in [0.1, 0.15) is 10.8 Å². The summed E-state index contributed by atoms with van der Waals surface area (Å²) >= 11 is 5.72. The molecule has 0 saturated carbocycles. The fraction of sp³-hybridized carbons (Fsp3) is 0.417. The summed E-state index contributed by atoms with van der Waals surface area (Å²) in [4.78, 5) is 21.4. The molecule has 0 aliphatic carbocycles. The second-order valence-electron chi connectivity index (χ2n) is 4.36. The van der Waals surface area contributed by atoms with Crippen molar-refractivity contribution in [2.24, 2.45) is 5.92 Å². The molecule has 0 spiro atoms. The highest BCUT2D eigenvalue weighted by molar-refractivity contribution is 6.32. The van der Waals surface area contributed by atoms with E-state index in [4.69, 9.17) is 16.3 Å². The predicted molar refractivity (Wildman–Crippen MR) is 71.4 cm³/mol. The highest BCUT2D eigenvalue weighted by Crippen LogP contribution is 2.28. The Hall–Kier alpha value is -1.82. The largest absolute Gasteiger partial charge is 0.484 e. The topological polar surface area (TPSA) is 81.5 Å². The fourth-order valence-electron chi connectivity index (χ4n) is 1.24. The molecule has 0 fully saturated rings. The predicted octanol–water partition coefficient (Wildman–Crippen LogP) is 2.40. The van der Waals surface area contributed by atoms with E-state index in [2.05, 4.69) is 5.32 Å². The molecule has 7 heteroatoms. The number of nitro benzene ring substituents is 1. The number of ether oxygens (including phenoxy) is 1. The van der Waals surface area contributed by atoms with Gasteiger partial charge in [-0.05, 0) is 12.0 Å². The number of hydrogen-bond donors (Lipinski definition) is 1. The van der Waals surface area contributed by atoms with Crippen molar-refractivity contribution >= 4 is 23.2 Å². The SMILES string of the molecule is CC(C)CNC(=O)COc1ccc([N+](=O)[O-])c(Cl)c1. The standard InChI is InChI=1S/C12H15ClN2O4/c1-8(2)6-14-12(16)7-19-9-3-4-11(15(17)18)10(13)5-9/h3-5,8H,6-7H2,1-2H3,(H,14,16). The Bertz CT molecular complexity index is 477. The molecule has 1 aromatic carbocycles. The van der Waals surface area contributed by atoms with Gasteiger partial charge in [-0.3, -0.25) is 14.9 Å². The van der Waals surface area contributed by atoms with Gasteiger partial charge in [0.2, 0.25) is 0 Å². The summed E-state index contributed by atoms with van der Waals surface area (Å²) in [6, 6.07) is 3.96. The molecule has 104 valence electrons. The number of nitrogens with one attached hydrogen (secondary N) is 1. The average molecular weight is 287 g/mol. The maximum atomic E-state index is 11.4. The van der Waals surface area contributed by atoms with Crippen LogP contribution in [0.1, 0.15) is 13.8 Å². The van der Waals surface area contributed by atoms with Crippen molar-refractivity contribution in [1.82, 2.24) is 5.32 Å². The van der Waals surface area contributed by atoms with Gasteiger partial charge in [0.05, 0.1) is 4.92 Å². The lowest BCUT2D eigenvalue weighted by Crippen LogP contribution is -2.31. The number of rotatable bonds is 6. The molecule has 0 aromatic heterocycles. The third-order valence-corrected chi connectivity index (χ3v) is 2.50. The van der Waals surface area contributed by atoms with Gasteiger partial charge in [-0.2, -0.15) is 0 Å². The molecule has 1 rings (SSSR count). The van der Waals surface area contributed by atoms with Crippen LogP contribution in [-0.2, 0) is 4.79 Å². The first-order chi connectivity index (χ1) is 8.90. The molecular formula is C12H15ClN2O4. The van der Waals surface area contributed by atoms with E-state index in [-0.39, 0.29) is 23.2 Å². The minimum atomic E-state index is -0.582. The van der Waals surface area contributed by atoms with Crippen molar-refractivity contribution in [3.8, 4) is 5.75 Å². The number of carbonyl (C=O) groups is 1. The molecule has 0 aliphatic heterocycles. The van der Waals surface area contributed by atoms with E-state index < -0.39 is 4.92 Å². The van der Waals surface area contributed by atoms with Crippen molar-refractivity contribution in [2.75, 3.05) is 13.2 Å². The first kappa shape index (κ1) is 15.2. The number of amides is 1. The molecule has 0 bridgehead atoms. The van der Waals surface area contributed by atoms with Crippen LogP contribution in [-0.4, -0.2) is 24.0 Å². The maximum absolute atomic E-state index is 11.4. The third kappa shape index (κ3) is 5.13. The molecule has 1 amide bonds. The number of nitrogens with zero attached hydrogens (tertiary/aromatic N) is 1. The molecule has 0 heterocycles. The van der Waals surface area contributed by atoms with E-state index in [0.29, 0.717) is 18.2 Å². The van der Waals surface area contributed by atoms with Crippen LogP contribution in [0.3, 0.4) is 0 Å². The zero-order valence-electron chi connectivity index (χ0n) is 10.7. The van der Waals surface area contributed by atoms with Gasteiger partial charge >= 0.3 is 0 Å². The minimum absolute atomic E-state index is 0.0231. The normalized spacial score (nSPS) is 10.3. The number of carbonyl (C=O) groups excluding carboxylic acids is 1. The van der Waals surface area contributed by atoms with Crippen molar-refractivity contribution in [3.63, 3.8) is 0 Å². The Morgan fingerprint density at radius 1 is 1.53 bits per heavy atom. The van der Waals surface area contributed by atoms with E-state index in [1.807, 2.05) is 13.8 Å². The van der Waals surface area contributed by atoms with Gasteiger partial charge in [0.25, 0.3) is 11.6 Å². The molecule has 0 radical (unpaired) electrons. The number of benzene rings is 1. The number of nitro groups is 1. The smallest absolute Gasteiger partial charge is 0.288 e. The van der Waals surface area contributed by atoms with E-state index >= 15 is 0 Å². The van der Waals surface area contributed by atoms with Gasteiger partial charge < -0.3 is 10.1 Å². The Morgan fingerprint density at radius 3 is 2.74 bits per heavy atom. The molecule has 6 nitrogen and oxygen atoms in total. The van der Waals surface area contributed by atoms with Crippen LogP contribution in [0.5, 0.6) is 5.75 Å². The summed E-state index contributed by atoms with van der Waals surface area (Å²) in [5, 5.41) is 13.2. The van der Waals surface area contributed by atoms with Crippen LogP contribution >= 0.6 is 11.6 Å². The third-order valence-electron chi connectivity index (χ3n) is 2.19. The molecule has 1 aromatic rings. The lowest BCUT2D eigenvalue weighted by atomic mass is 10.2. The highest BCUT2D eigenvalue weighted by Gasteiger charge is 2.13. The fourth-order valence-corrected chi connectivity index (χ4v) is 1.48. The molecular weight excluding hydrogens is 272 g/mol. The monoisotopic (exact) mass is 286 g/mol. The van der Waals surface area contributed by atoms with E-state index in [1.54, 1.807) is 0 Å². The van der Waals surface area contributed by atoms with Crippen LogP contribution in [0.4, 0.5) is 5.69 Å². The van der Waals surface area contributed by atoms with Gasteiger partial charge in [0, 0.05) is 18.7 Å². The lowest BCUT2D eigenvalue weighted by molar-refractivity contribution is -0.384. The first-order valence-electron chi connectivity index (χ1n) is 5.73. The molecule has 19 heavy (non-hydrogen) atoms. The molecule has 1 N–H and O–H groups in total. The average Bonchev–Trinajstić information content (AvgIpc) is 2.33. The second kappa shape index (κ2) is 6.94. The van der Waals surface area contributed by atoms with Crippen LogP contribution < -0.4 is 10.1 Å². The summed E-state index contributed by atoms with van der Waals surface area (Å²) in [5.74, 6) is 0.427. The summed E-state index contributed by atoms with van der Waals surface area (Å²) < 4.78 is 5.20. The molecule has 0 unspecified atom stereocenters. The van der Waals surface area contributed by atoms with Gasteiger partial charge in [-0.1, -0.05) is 25.4 Å². The van der Waals surface area contributed by atoms with Crippen molar-refractivity contribution in [2.45, 2.75) is 13.8 Å². The van der Waals surface area contributed by atoms with Crippen LogP contribution in [0.2, 0.25) is 5.02 Å². The van der Waals surface area contributed by atoms with Crippen molar-refractivity contribution in [3.05, 3.63) is 33.3 Å². The maximum Gasteiger partial charge on any atom is 0.288 e. The van der Waals surface area contributed by atoms with Gasteiger partial charge in [-0.15, -0.1) is 0 Å². The summed E-state index contributed by atoms with van der Waals surface area (Å²) in [6.07, 6.45) is 0. The van der Waals surface area contributed by atoms with Crippen molar-refractivity contribution < 1.29 is 14.5 Å². The highest BCUT2D eigenvalue weighted by atomic mass is 35.5. The van der Waals surface area contributed by atoms with E-state index in [1.165, 1.54) is 18.2 Å². The molecule has 0 atom stereocenters. The lowest BCUT2D eigenvalue weighted by Gasteiger charge is -2.09. The quantitative estimate of drug-likeness (QED) is 0.643. The number of halogens is 1. The van der Waals surface area contributed by atoms with Crippen LogP contribution in [0.25, 0.3) is 0 Å². The molecule has 0 aliphatic rings. The summed E-state index contributed by atoms with van der Waals surface area (Å²) in [7, 11) is 0. The zero-order chi connectivity index (χ0) is 14.4. The number of hydrogen-bond acceptors (Lipinski definition) is 4. The Labute approximate surface area is 115 Å².